The van der Waals surface area contributed by atoms with Gasteiger partial charge in [-0.1, -0.05) is 24.6 Å². The van der Waals surface area contributed by atoms with E-state index in [-0.39, 0.29) is 33.3 Å². The summed E-state index contributed by atoms with van der Waals surface area (Å²) in [7, 11) is -3.11. The molecule has 0 aliphatic heterocycles. The van der Waals surface area contributed by atoms with Gasteiger partial charge in [-0.25, -0.2) is 13.4 Å². The quantitative estimate of drug-likeness (QED) is 0.367. The Morgan fingerprint density at radius 3 is 2.51 bits per heavy atom. The second-order valence-corrected chi connectivity index (χ2v) is 10.0. The summed E-state index contributed by atoms with van der Waals surface area (Å²) < 4.78 is 79.7. The number of hydrogen-bond donors (Lipinski definition) is 2. The number of carbonyl (C=O) groups excluding carboxylic acids is 1. The molecule has 3 aromatic rings. The highest BCUT2D eigenvalue weighted by molar-refractivity contribution is 7.91. The second kappa shape index (κ2) is 9.78. The van der Waals surface area contributed by atoms with Crippen molar-refractivity contribution in [2.24, 2.45) is 0 Å². The maximum atomic E-state index is 13.9. The van der Waals surface area contributed by atoms with Crippen LogP contribution >= 0.6 is 11.6 Å². The van der Waals surface area contributed by atoms with Crippen LogP contribution in [0.3, 0.4) is 0 Å². The van der Waals surface area contributed by atoms with Gasteiger partial charge in [-0.05, 0) is 49.2 Å². The van der Waals surface area contributed by atoms with E-state index in [1.165, 1.54) is 36.6 Å². The Kier molecular flexibility index (Phi) is 7.37. The predicted molar refractivity (Wildman–Crippen MR) is 122 cm³/mol. The summed E-state index contributed by atoms with van der Waals surface area (Å²) in [5, 5.41) is 8.85. The van der Waals surface area contributed by atoms with E-state index in [0.29, 0.717) is 0 Å². The first-order valence-electron chi connectivity index (χ1n) is 9.98. The Morgan fingerprint density at radius 1 is 1.23 bits per heavy atom. The van der Waals surface area contributed by atoms with Crippen LogP contribution in [0.4, 0.5) is 23.2 Å². The van der Waals surface area contributed by atoms with Gasteiger partial charge in [-0.15, -0.1) is 10.2 Å². The summed E-state index contributed by atoms with van der Waals surface area (Å²) in [5.74, 6) is -2.30. The average Bonchev–Trinajstić information content (AvgIpc) is 2.75. The summed E-state index contributed by atoms with van der Waals surface area (Å²) in [6, 6.07) is 7.77. The zero-order chi connectivity index (χ0) is 26.1. The first kappa shape index (κ1) is 26.4. The van der Waals surface area contributed by atoms with Crippen LogP contribution in [-0.2, 0) is 22.3 Å². The van der Waals surface area contributed by atoms with E-state index in [4.69, 9.17) is 21.1 Å². The van der Waals surface area contributed by atoms with Gasteiger partial charge < -0.3 is 10.1 Å². The molecule has 0 radical (unpaired) electrons. The van der Waals surface area contributed by atoms with Gasteiger partial charge in [0, 0.05) is 22.4 Å². The highest BCUT2D eigenvalue weighted by Gasteiger charge is 2.38. The molecule has 2 aromatic carbocycles. The molecule has 1 aromatic heterocycles. The molecule has 1 heterocycles. The normalized spacial score (nSPS) is 13.3. The Morgan fingerprint density at radius 2 is 1.91 bits per heavy atom. The molecule has 2 N–H and O–H groups in total. The third-order valence-electron chi connectivity index (χ3n) is 4.94. The summed E-state index contributed by atoms with van der Waals surface area (Å²) in [6.07, 6.45) is -3.50. The summed E-state index contributed by atoms with van der Waals surface area (Å²) >= 11 is 5.98. The number of benzene rings is 2. The van der Waals surface area contributed by atoms with Crippen LogP contribution in [0, 0.1) is 17.5 Å². The van der Waals surface area contributed by atoms with Gasteiger partial charge in [-0.3, -0.25) is 4.79 Å². The third-order valence-corrected chi connectivity index (χ3v) is 6.50. The summed E-state index contributed by atoms with van der Waals surface area (Å²) in [4.78, 5) is 13.2. The Labute approximate surface area is 203 Å². The van der Waals surface area contributed by atoms with Crippen LogP contribution in [0.1, 0.15) is 34.1 Å². The molecule has 13 heteroatoms. The van der Waals surface area contributed by atoms with Crippen molar-refractivity contribution in [1.82, 2.24) is 10.2 Å². The van der Waals surface area contributed by atoms with E-state index in [0.717, 1.165) is 13.0 Å². The molecule has 1 amide bonds. The number of aromatic nitrogens is 2. The molecule has 0 saturated carbocycles. The molecule has 0 saturated heterocycles. The van der Waals surface area contributed by atoms with E-state index in [1.807, 2.05) is 0 Å². The topological polar surface area (TPSA) is 105 Å². The molecule has 1 atom stereocenters. The number of anilines is 1. The predicted octanol–water partition coefficient (Wildman–Crippen LogP) is 6.24. The Balaban J connectivity index is 2.12. The number of rotatable bonds is 6. The van der Waals surface area contributed by atoms with Crippen LogP contribution in [0.2, 0.25) is 5.02 Å². The van der Waals surface area contributed by atoms with Gasteiger partial charge in [0.25, 0.3) is 11.8 Å². The molecule has 0 aliphatic rings. The maximum absolute atomic E-state index is 13.9. The zero-order valence-corrected chi connectivity index (χ0v) is 20.2. The van der Waals surface area contributed by atoms with Gasteiger partial charge >= 0.3 is 6.18 Å². The maximum Gasteiger partial charge on any atom is 0.435 e. The third kappa shape index (κ3) is 5.70. The van der Waals surface area contributed by atoms with E-state index < -0.39 is 50.3 Å². The van der Waals surface area contributed by atoms with Crippen molar-refractivity contribution in [2.75, 3.05) is 11.6 Å². The minimum Gasteiger partial charge on any atom is -0.437 e. The molecule has 35 heavy (non-hydrogen) atoms. The number of alkyl halides is 3. The van der Waals surface area contributed by atoms with E-state index >= 15 is 0 Å². The van der Waals surface area contributed by atoms with Crippen LogP contribution in [-0.4, -0.2) is 26.6 Å². The molecule has 0 spiro atoms. The monoisotopic (exact) mass is 530 g/mol. The molecule has 3 rings (SSSR count). The number of halogens is 5. The fourth-order valence-corrected chi connectivity index (χ4v) is 4.20. The van der Waals surface area contributed by atoms with E-state index in [1.54, 1.807) is 6.92 Å². The van der Waals surface area contributed by atoms with Crippen LogP contribution in [0.5, 0.6) is 11.6 Å². The number of amides is 1. The largest absolute Gasteiger partial charge is 0.437 e. The minimum absolute atomic E-state index is 0.0108. The van der Waals surface area contributed by atoms with Crippen molar-refractivity contribution in [1.29, 1.82) is 4.78 Å². The number of hydrogen-bond acceptors (Lipinski definition) is 6. The summed E-state index contributed by atoms with van der Waals surface area (Å²) in [5.41, 5.74) is -2.20. The zero-order valence-electron chi connectivity index (χ0n) is 18.6. The molecule has 186 valence electrons. The number of carbonyl (C=O) groups is 1. The molecule has 0 fully saturated rings. The van der Waals surface area contributed by atoms with Gasteiger partial charge in [0.05, 0.1) is 14.8 Å². The van der Waals surface area contributed by atoms with Crippen LogP contribution in [0.15, 0.2) is 41.3 Å². The average molecular weight is 531 g/mol. The van der Waals surface area contributed by atoms with Gasteiger partial charge in [0.15, 0.2) is 5.69 Å². The number of nitrogens with one attached hydrogen (secondary N) is 2. The van der Waals surface area contributed by atoms with Crippen LogP contribution < -0.4 is 10.1 Å². The molecule has 7 nitrogen and oxygen atoms in total. The van der Waals surface area contributed by atoms with Crippen molar-refractivity contribution in [3.05, 3.63) is 69.6 Å². The molecule has 0 bridgehead atoms. The fourth-order valence-electron chi connectivity index (χ4n) is 3.22. The molecule has 0 aliphatic carbocycles. The highest BCUT2D eigenvalue weighted by Crippen LogP contribution is 2.37. The SMILES string of the molecule is CCc1c(Oc2nnc(C(F)(F)F)c(C)c2C(=O)Nc2cccc(S(C)(=N)=O)c2)ccc(F)c1Cl. The van der Waals surface area contributed by atoms with Crippen molar-refractivity contribution >= 4 is 32.9 Å². The van der Waals surface area contributed by atoms with Crippen molar-refractivity contribution in [3.8, 4) is 11.6 Å². The first-order chi connectivity index (χ1) is 16.2. The standard InChI is InChI=1S/C22H19ClF4N4O3S/c1-4-14-16(9-8-15(24)18(14)23)34-21-17(11(2)19(30-31-21)22(25,26)27)20(32)29-12-6-5-7-13(10-12)35(3,28)33/h5-10,28H,4H2,1-3H3,(H,29,32). The first-order valence-corrected chi connectivity index (χ1v) is 12.3. The number of nitrogens with zero attached hydrogens (tertiary/aromatic N) is 2. The van der Waals surface area contributed by atoms with Gasteiger partial charge in [0.1, 0.15) is 17.1 Å². The molecule has 1 unspecified atom stereocenters. The van der Waals surface area contributed by atoms with E-state index in [9.17, 15) is 26.6 Å². The summed E-state index contributed by atoms with van der Waals surface area (Å²) in [6.45, 7) is 2.70. The lowest BCUT2D eigenvalue weighted by atomic mass is 10.1. The van der Waals surface area contributed by atoms with Gasteiger partial charge in [-0.2, -0.15) is 13.2 Å². The fraction of sp³-hybridized carbons (Fsp3) is 0.227. The second-order valence-electron chi connectivity index (χ2n) is 7.47. The van der Waals surface area contributed by atoms with Gasteiger partial charge in [0.2, 0.25) is 0 Å². The van der Waals surface area contributed by atoms with E-state index in [2.05, 4.69) is 15.5 Å². The Bertz CT molecular complexity index is 1410. The Hall–Kier alpha value is -3.25. The lowest BCUT2D eigenvalue weighted by Gasteiger charge is -2.17. The lowest BCUT2D eigenvalue weighted by molar-refractivity contribution is -0.142. The van der Waals surface area contributed by atoms with Crippen LogP contribution in [0.25, 0.3) is 0 Å². The highest BCUT2D eigenvalue weighted by atomic mass is 35.5. The molecular weight excluding hydrogens is 512 g/mol. The smallest absolute Gasteiger partial charge is 0.435 e. The van der Waals surface area contributed by atoms with Crippen molar-refractivity contribution in [3.63, 3.8) is 0 Å². The minimum atomic E-state index is -4.91. The molecular formula is C22H19ClF4N4O3S. The number of ether oxygens (including phenoxy) is 1. The van der Waals surface area contributed by atoms with Crippen molar-refractivity contribution < 1.29 is 31.3 Å². The van der Waals surface area contributed by atoms with Crippen molar-refractivity contribution in [2.45, 2.75) is 31.3 Å². The lowest BCUT2D eigenvalue weighted by Crippen LogP contribution is -2.21.